The Bertz CT molecular complexity index is 774. The maximum atomic E-state index is 14.7. The first-order valence-corrected chi connectivity index (χ1v) is 11.2. The number of hydrogen-bond acceptors (Lipinski definition) is 5. The highest BCUT2D eigenvalue weighted by Crippen LogP contribution is 2.34. The van der Waals surface area contributed by atoms with Gasteiger partial charge in [-0.15, -0.1) is 0 Å². The Hall–Kier alpha value is -1.97. The summed E-state index contributed by atoms with van der Waals surface area (Å²) in [5.41, 5.74) is 0.289. The summed E-state index contributed by atoms with van der Waals surface area (Å²) in [7, 11) is 1.48. The third-order valence-corrected chi connectivity index (χ3v) is 6.05. The molecular formula is C22H29F2NO5S. The van der Waals surface area contributed by atoms with Gasteiger partial charge in [-0.2, -0.15) is 8.78 Å². The molecule has 1 aromatic rings. The van der Waals surface area contributed by atoms with E-state index < -0.39 is 18.0 Å². The highest BCUT2D eigenvalue weighted by atomic mass is 32.2. The second kappa shape index (κ2) is 12.2. The quantitative estimate of drug-likeness (QED) is 0.337. The highest BCUT2D eigenvalue weighted by Gasteiger charge is 2.39. The van der Waals surface area contributed by atoms with Crippen molar-refractivity contribution in [1.29, 1.82) is 0 Å². The van der Waals surface area contributed by atoms with Gasteiger partial charge in [0.05, 0.1) is 12.6 Å². The van der Waals surface area contributed by atoms with Crippen LogP contribution in [0.3, 0.4) is 0 Å². The molecule has 0 radical (unpaired) electrons. The number of halogens is 2. The van der Waals surface area contributed by atoms with Crippen LogP contribution in [0.15, 0.2) is 36.4 Å². The number of alkyl halides is 2. The molecule has 31 heavy (non-hydrogen) atoms. The van der Waals surface area contributed by atoms with Crippen LogP contribution in [0.5, 0.6) is 0 Å². The Labute approximate surface area is 185 Å². The van der Waals surface area contributed by atoms with Crippen LogP contribution in [0.25, 0.3) is 0 Å². The van der Waals surface area contributed by atoms with Gasteiger partial charge >= 0.3 is 11.9 Å². The fraction of sp³-hybridized carbons (Fsp3) is 0.545. The second-order valence-corrected chi connectivity index (χ2v) is 8.45. The lowest BCUT2D eigenvalue weighted by Crippen LogP contribution is -2.34. The number of aliphatic carboxylic acids is 1. The summed E-state index contributed by atoms with van der Waals surface area (Å²) in [6, 6.07) is 5.39. The third kappa shape index (κ3) is 7.59. The fourth-order valence-electron chi connectivity index (χ4n) is 3.35. The number of rotatable bonds is 13. The number of nitrogens with zero attached hydrogens (tertiary/aromatic N) is 1. The Morgan fingerprint density at radius 2 is 2.10 bits per heavy atom. The Morgan fingerprint density at radius 1 is 1.35 bits per heavy atom. The first-order valence-electron chi connectivity index (χ1n) is 10.2. The number of carbonyl (C=O) groups is 2. The number of benzene rings is 1. The van der Waals surface area contributed by atoms with E-state index in [-0.39, 0.29) is 29.9 Å². The first-order chi connectivity index (χ1) is 14.8. The topological polar surface area (TPSA) is 87.1 Å². The summed E-state index contributed by atoms with van der Waals surface area (Å²) >= 11 is 1.12. The zero-order valence-corrected chi connectivity index (χ0v) is 18.3. The Kier molecular flexibility index (Phi) is 9.93. The number of unbranched alkanes of at least 4 members (excludes halogenated alkanes) is 3. The van der Waals surface area contributed by atoms with Crippen molar-refractivity contribution in [2.45, 2.75) is 56.8 Å². The number of aliphatic hydroxyl groups is 1. The van der Waals surface area contributed by atoms with Crippen molar-refractivity contribution in [2.24, 2.45) is 0 Å². The minimum atomic E-state index is -3.48. The Morgan fingerprint density at radius 3 is 2.81 bits per heavy atom. The summed E-state index contributed by atoms with van der Waals surface area (Å²) in [5.74, 6) is -3.86. The van der Waals surface area contributed by atoms with Crippen molar-refractivity contribution in [1.82, 2.24) is 4.90 Å². The minimum absolute atomic E-state index is 0.117. The van der Waals surface area contributed by atoms with Crippen molar-refractivity contribution in [2.75, 3.05) is 19.4 Å². The molecule has 1 heterocycles. The molecule has 1 aliphatic heterocycles. The van der Waals surface area contributed by atoms with E-state index in [0.29, 0.717) is 30.7 Å². The van der Waals surface area contributed by atoms with E-state index in [1.54, 1.807) is 11.0 Å². The van der Waals surface area contributed by atoms with Gasteiger partial charge in [-0.3, -0.25) is 9.59 Å². The van der Waals surface area contributed by atoms with Crippen molar-refractivity contribution in [3.8, 4) is 0 Å². The standard InChI is InChI=1S/C22H29F2NO5S/c1-30-14-16-7-6-8-17(13-16)22(23,24)19(26)11-10-18-15-31-21(29)25(18)12-5-3-2-4-9-20(27)28/h6-8,10-11,13,18-19,26H,2-5,9,12,14-15H2,1H3,(H,27,28). The zero-order valence-electron chi connectivity index (χ0n) is 17.5. The first kappa shape index (κ1) is 25.3. The van der Waals surface area contributed by atoms with Crippen molar-refractivity contribution >= 4 is 23.0 Å². The smallest absolute Gasteiger partial charge is 0.303 e. The lowest BCUT2D eigenvalue weighted by Gasteiger charge is -2.24. The monoisotopic (exact) mass is 457 g/mol. The summed E-state index contributed by atoms with van der Waals surface area (Å²) in [6.45, 7) is 0.669. The van der Waals surface area contributed by atoms with E-state index in [1.807, 2.05) is 0 Å². The summed E-state index contributed by atoms with van der Waals surface area (Å²) in [5, 5.41) is 18.7. The van der Waals surface area contributed by atoms with Crippen molar-refractivity contribution in [3.63, 3.8) is 0 Å². The van der Waals surface area contributed by atoms with Crippen LogP contribution in [0.4, 0.5) is 13.6 Å². The van der Waals surface area contributed by atoms with Gasteiger partial charge in [0, 0.05) is 31.4 Å². The van der Waals surface area contributed by atoms with Gasteiger partial charge in [0.1, 0.15) is 6.10 Å². The number of carboxylic acid groups (broad SMARTS) is 1. The predicted octanol–water partition coefficient (Wildman–Crippen LogP) is 4.41. The molecule has 172 valence electrons. The normalized spacial score (nSPS) is 18.1. The van der Waals surface area contributed by atoms with Crippen LogP contribution in [-0.4, -0.2) is 57.9 Å². The van der Waals surface area contributed by atoms with Crippen LogP contribution >= 0.6 is 11.8 Å². The fourth-order valence-corrected chi connectivity index (χ4v) is 4.35. The zero-order chi connectivity index (χ0) is 22.9. The summed E-state index contributed by atoms with van der Waals surface area (Å²) < 4.78 is 34.4. The third-order valence-electron chi connectivity index (χ3n) is 5.06. The molecule has 0 bridgehead atoms. The van der Waals surface area contributed by atoms with Gasteiger partial charge in [-0.25, -0.2) is 0 Å². The van der Waals surface area contributed by atoms with Gasteiger partial charge < -0.3 is 19.8 Å². The average molecular weight is 458 g/mol. The average Bonchev–Trinajstić information content (AvgIpc) is 3.08. The number of aliphatic hydroxyl groups excluding tert-OH is 1. The number of hydrogen-bond donors (Lipinski definition) is 2. The van der Waals surface area contributed by atoms with E-state index in [9.17, 15) is 23.5 Å². The molecule has 0 saturated carbocycles. The summed E-state index contributed by atoms with van der Waals surface area (Å²) in [4.78, 5) is 24.2. The molecule has 1 aromatic carbocycles. The number of ether oxygens (including phenoxy) is 1. The molecule has 1 fully saturated rings. The van der Waals surface area contributed by atoms with Crippen LogP contribution in [0, 0.1) is 0 Å². The lowest BCUT2D eigenvalue weighted by molar-refractivity contribution is -0.137. The molecule has 2 unspecified atom stereocenters. The predicted molar refractivity (Wildman–Crippen MR) is 115 cm³/mol. The molecule has 1 saturated heterocycles. The van der Waals surface area contributed by atoms with E-state index in [4.69, 9.17) is 9.84 Å². The maximum Gasteiger partial charge on any atom is 0.303 e. The van der Waals surface area contributed by atoms with Gasteiger partial charge in [0.2, 0.25) is 0 Å². The largest absolute Gasteiger partial charge is 0.481 e. The van der Waals surface area contributed by atoms with Crippen LogP contribution in [0.1, 0.15) is 43.2 Å². The molecular weight excluding hydrogens is 428 g/mol. The van der Waals surface area contributed by atoms with Crippen molar-refractivity contribution in [3.05, 3.63) is 47.5 Å². The molecule has 1 amide bonds. The molecule has 0 aromatic heterocycles. The SMILES string of the molecule is COCc1cccc(C(F)(F)C(O)C=CC2CSC(=O)N2CCCCCCC(=O)O)c1. The number of carbonyl (C=O) groups excluding carboxylic acids is 1. The maximum absolute atomic E-state index is 14.7. The molecule has 0 aliphatic carbocycles. The molecule has 2 N–H and O–H groups in total. The minimum Gasteiger partial charge on any atom is -0.481 e. The van der Waals surface area contributed by atoms with E-state index in [1.165, 1.54) is 31.4 Å². The van der Waals surface area contributed by atoms with E-state index >= 15 is 0 Å². The molecule has 2 atom stereocenters. The number of thioether (sulfide) groups is 1. The summed E-state index contributed by atoms with van der Waals surface area (Å²) in [6.07, 6.45) is 3.49. The molecule has 0 spiro atoms. The van der Waals surface area contributed by atoms with E-state index in [0.717, 1.165) is 30.7 Å². The van der Waals surface area contributed by atoms with Crippen LogP contribution in [-0.2, 0) is 22.1 Å². The molecule has 9 heteroatoms. The van der Waals surface area contributed by atoms with Gasteiger partial charge in [0.25, 0.3) is 5.24 Å². The number of methoxy groups -OCH3 is 1. The van der Waals surface area contributed by atoms with Crippen LogP contribution in [0.2, 0.25) is 0 Å². The van der Waals surface area contributed by atoms with Crippen molar-refractivity contribution < 1.29 is 33.3 Å². The number of carboxylic acids is 1. The number of amides is 1. The van der Waals surface area contributed by atoms with Gasteiger partial charge in [0.15, 0.2) is 0 Å². The van der Waals surface area contributed by atoms with Gasteiger partial charge in [-0.1, -0.05) is 55.0 Å². The molecule has 1 aliphatic rings. The van der Waals surface area contributed by atoms with Crippen LogP contribution < -0.4 is 0 Å². The van der Waals surface area contributed by atoms with Gasteiger partial charge in [-0.05, 0) is 24.5 Å². The second-order valence-electron chi connectivity index (χ2n) is 7.48. The lowest BCUT2D eigenvalue weighted by atomic mass is 10.00. The van der Waals surface area contributed by atoms with E-state index in [2.05, 4.69) is 0 Å². The Balaban J connectivity index is 1.93. The molecule has 2 rings (SSSR count). The highest BCUT2D eigenvalue weighted by molar-refractivity contribution is 8.13. The molecule has 6 nitrogen and oxygen atoms in total.